The van der Waals surface area contributed by atoms with Gasteiger partial charge in [0.1, 0.15) is 6.54 Å². The Morgan fingerprint density at radius 3 is 2.40 bits per heavy atom. The van der Waals surface area contributed by atoms with Crippen LogP contribution in [0.5, 0.6) is 5.75 Å². The normalized spacial score (nSPS) is 12.7. The van der Waals surface area contributed by atoms with Gasteiger partial charge in [0.25, 0.3) is 5.91 Å². The Bertz CT molecular complexity index is 881. The standard InChI is InChI=1S/C23H30FN3O3/c1-6-27(14-18-10-11-20(30-5)19(24)12-18)17(4)23(29)25-13-21(28)26-22-15(2)8-7-9-16(22)3/h7-12,17H,6,13-14H2,1-5H3,(H,25,29)(H,26,28)/p+1/t17-/m0/s1. The number of carbonyl (C=O) groups excluding carboxylic acids is 2. The fraction of sp³-hybridized carbons (Fsp3) is 0.391. The maximum absolute atomic E-state index is 14.0. The first-order chi connectivity index (χ1) is 14.3. The van der Waals surface area contributed by atoms with E-state index in [4.69, 9.17) is 4.74 Å². The third-order valence-corrected chi connectivity index (χ3v) is 5.28. The zero-order valence-corrected chi connectivity index (χ0v) is 18.3. The second kappa shape index (κ2) is 10.7. The highest BCUT2D eigenvalue weighted by Crippen LogP contribution is 2.19. The highest BCUT2D eigenvalue weighted by atomic mass is 19.1. The van der Waals surface area contributed by atoms with E-state index in [1.807, 2.05) is 39.0 Å². The molecule has 2 amide bonds. The van der Waals surface area contributed by atoms with Crippen molar-refractivity contribution in [3.8, 4) is 5.75 Å². The van der Waals surface area contributed by atoms with Crippen LogP contribution in [0.4, 0.5) is 10.1 Å². The van der Waals surface area contributed by atoms with Gasteiger partial charge in [-0.2, -0.15) is 0 Å². The number of hydrogen-bond donors (Lipinski definition) is 3. The molecule has 2 aromatic carbocycles. The lowest BCUT2D eigenvalue weighted by atomic mass is 10.1. The zero-order chi connectivity index (χ0) is 22.3. The van der Waals surface area contributed by atoms with Crippen LogP contribution in [0.25, 0.3) is 0 Å². The summed E-state index contributed by atoms with van der Waals surface area (Å²) in [7, 11) is 1.42. The van der Waals surface area contributed by atoms with Crippen molar-refractivity contribution in [2.75, 3.05) is 25.5 Å². The van der Waals surface area contributed by atoms with Crippen molar-refractivity contribution >= 4 is 17.5 Å². The molecule has 0 aromatic heterocycles. The van der Waals surface area contributed by atoms with Gasteiger partial charge < -0.3 is 20.3 Å². The predicted molar refractivity (Wildman–Crippen MR) is 115 cm³/mol. The van der Waals surface area contributed by atoms with Crippen molar-refractivity contribution in [3.63, 3.8) is 0 Å². The van der Waals surface area contributed by atoms with Gasteiger partial charge in [0.05, 0.1) is 20.2 Å². The van der Waals surface area contributed by atoms with Crippen LogP contribution in [0.1, 0.15) is 30.5 Å². The predicted octanol–water partition coefficient (Wildman–Crippen LogP) is 2.00. The van der Waals surface area contributed by atoms with Gasteiger partial charge in [0.2, 0.25) is 5.91 Å². The zero-order valence-electron chi connectivity index (χ0n) is 18.3. The molecule has 0 aliphatic heterocycles. The molecule has 2 atom stereocenters. The number of para-hydroxylation sites is 1. The van der Waals surface area contributed by atoms with Crippen molar-refractivity contribution in [1.29, 1.82) is 0 Å². The molecule has 7 heteroatoms. The fourth-order valence-electron chi connectivity index (χ4n) is 3.37. The Morgan fingerprint density at radius 1 is 1.17 bits per heavy atom. The first-order valence-electron chi connectivity index (χ1n) is 10.1. The average molecular weight is 417 g/mol. The molecule has 6 nitrogen and oxygen atoms in total. The van der Waals surface area contributed by atoms with Gasteiger partial charge in [-0.15, -0.1) is 0 Å². The molecule has 0 heterocycles. The molecule has 162 valence electrons. The minimum Gasteiger partial charge on any atom is -0.494 e. The van der Waals surface area contributed by atoms with Crippen LogP contribution >= 0.6 is 0 Å². The van der Waals surface area contributed by atoms with Gasteiger partial charge in [-0.3, -0.25) is 9.59 Å². The molecule has 0 saturated heterocycles. The highest BCUT2D eigenvalue weighted by molar-refractivity contribution is 5.96. The van der Waals surface area contributed by atoms with E-state index in [2.05, 4.69) is 10.6 Å². The monoisotopic (exact) mass is 416 g/mol. The van der Waals surface area contributed by atoms with Crippen LogP contribution < -0.4 is 20.3 Å². The van der Waals surface area contributed by atoms with Crippen molar-refractivity contribution in [2.24, 2.45) is 0 Å². The van der Waals surface area contributed by atoms with Crippen molar-refractivity contribution in [1.82, 2.24) is 5.32 Å². The Kier molecular flexibility index (Phi) is 8.35. The van der Waals surface area contributed by atoms with Gasteiger partial charge in [0.15, 0.2) is 17.6 Å². The second-order valence-electron chi connectivity index (χ2n) is 7.41. The second-order valence-corrected chi connectivity index (χ2v) is 7.41. The number of methoxy groups -OCH3 is 1. The van der Waals surface area contributed by atoms with E-state index < -0.39 is 11.9 Å². The van der Waals surface area contributed by atoms with Crippen LogP contribution in [0, 0.1) is 19.7 Å². The molecule has 0 radical (unpaired) electrons. The van der Waals surface area contributed by atoms with Crippen LogP contribution in [0.2, 0.25) is 0 Å². The number of benzene rings is 2. The van der Waals surface area contributed by atoms with E-state index in [9.17, 15) is 14.0 Å². The third kappa shape index (κ3) is 6.03. The summed E-state index contributed by atoms with van der Waals surface area (Å²) in [6.45, 7) is 8.67. The van der Waals surface area contributed by atoms with Crippen molar-refractivity contribution in [2.45, 2.75) is 40.3 Å². The van der Waals surface area contributed by atoms with Gasteiger partial charge in [-0.1, -0.05) is 18.2 Å². The highest BCUT2D eigenvalue weighted by Gasteiger charge is 2.24. The first-order valence-corrected chi connectivity index (χ1v) is 10.1. The number of anilines is 1. The quantitative estimate of drug-likeness (QED) is 0.586. The maximum Gasteiger partial charge on any atom is 0.278 e. The van der Waals surface area contributed by atoms with Gasteiger partial charge >= 0.3 is 0 Å². The number of nitrogens with one attached hydrogen (secondary N) is 3. The minimum absolute atomic E-state index is 0.106. The largest absolute Gasteiger partial charge is 0.494 e. The van der Waals surface area contributed by atoms with E-state index >= 15 is 0 Å². The van der Waals surface area contributed by atoms with E-state index in [0.717, 1.165) is 27.3 Å². The van der Waals surface area contributed by atoms with Crippen LogP contribution in [-0.2, 0) is 16.1 Å². The lowest BCUT2D eigenvalue weighted by Gasteiger charge is -2.24. The fourth-order valence-corrected chi connectivity index (χ4v) is 3.37. The van der Waals surface area contributed by atoms with E-state index in [-0.39, 0.29) is 24.1 Å². The Balaban J connectivity index is 1.93. The molecule has 0 bridgehead atoms. The number of aryl methyl sites for hydroxylation is 2. The van der Waals surface area contributed by atoms with Gasteiger partial charge in [-0.05, 0) is 57.0 Å². The van der Waals surface area contributed by atoms with Gasteiger partial charge in [-0.25, -0.2) is 4.39 Å². The van der Waals surface area contributed by atoms with E-state index in [1.165, 1.54) is 13.2 Å². The molecule has 3 N–H and O–H groups in total. The molecule has 2 aromatic rings. The molecule has 0 spiro atoms. The number of amides is 2. The Hall–Kier alpha value is -2.93. The van der Waals surface area contributed by atoms with Crippen LogP contribution in [0.3, 0.4) is 0 Å². The topological polar surface area (TPSA) is 71.9 Å². The first kappa shape index (κ1) is 23.3. The minimum atomic E-state index is -0.425. The molecular formula is C23H31FN3O3+. The summed E-state index contributed by atoms with van der Waals surface area (Å²) in [5.74, 6) is -0.732. The smallest absolute Gasteiger partial charge is 0.278 e. The summed E-state index contributed by atoms with van der Waals surface area (Å²) in [4.78, 5) is 25.8. The lowest BCUT2D eigenvalue weighted by Crippen LogP contribution is -3.15. The molecule has 1 unspecified atom stereocenters. The number of rotatable bonds is 9. The number of carbonyl (C=O) groups is 2. The SMILES string of the molecule is CC[NH+](Cc1ccc(OC)c(F)c1)[C@@H](C)C(=O)NCC(=O)Nc1c(C)cccc1C. The molecule has 0 aliphatic rings. The summed E-state index contributed by atoms with van der Waals surface area (Å²) < 4.78 is 18.9. The van der Waals surface area contributed by atoms with Crippen LogP contribution in [0.15, 0.2) is 36.4 Å². The maximum atomic E-state index is 14.0. The van der Waals surface area contributed by atoms with Crippen molar-refractivity contribution in [3.05, 3.63) is 58.9 Å². The number of halogens is 1. The third-order valence-electron chi connectivity index (χ3n) is 5.28. The number of likely N-dealkylation sites (N-methyl/N-ethyl adjacent to an activating group) is 1. The summed E-state index contributed by atoms with van der Waals surface area (Å²) >= 11 is 0. The van der Waals surface area contributed by atoms with E-state index in [1.54, 1.807) is 19.1 Å². The summed E-state index contributed by atoms with van der Waals surface area (Å²) in [5.41, 5.74) is 3.48. The molecule has 0 fully saturated rings. The number of ether oxygens (including phenoxy) is 1. The summed E-state index contributed by atoms with van der Waals surface area (Å²) in [6.07, 6.45) is 0. The lowest BCUT2D eigenvalue weighted by molar-refractivity contribution is -0.926. The Morgan fingerprint density at radius 2 is 1.83 bits per heavy atom. The molecule has 0 aliphatic carbocycles. The van der Waals surface area contributed by atoms with E-state index in [0.29, 0.717) is 13.1 Å². The Labute approximate surface area is 177 Å². The summed E-state index contributed by atoms with van der Waals surface area (Å²) in [6, 6.07) is 10.2. The molecule has 30 heavy (non-hydrogen) atoms. The van der Waals surface area contributed by atoms with Crippen molar-refractivity contribution < 1.29 is 23.6 Å². The molecule has 2 rings (SSSR count). The van der Waals surface area contributed by atoms with Gasteiger partial charge in [0, 0.05) is 11.3 Å². The summed E-state index contributed by atoms with van der Waals surface area (Å²) in [5, 5.41) is 5.56. The average Bonchev–Trinajstić information content (AvgIpc) is 2.72. The number of hydrogen-bond acceptors (Lipinski definition) is 3. The van der Waals surface area contributed by atoms with Crippen LogP contribution in [-0.4, -0.2) is 38.1 Å². The molecular weight excluding hydrogens is 385 g/mol. The molecule has 0 saturated carbocycles. The number of quaternary nitrogens is 1.